The fourth-order valence-electron chi connectivity index (χ4n) is 3.31. The molecular formula is C14H26O4. The Morgan fingerprint density at radius 1 is 1.28 bits per heavy atom. The van der Waals surface area contributed by atoms with Crippen molar-refractivity contribution in [2.24, 2.45) is 11.8 Å². The van der Waals surface area contributed by atoms with Crippen LogP contribution in [-0.4, -0.2) is 35.0 Å². The van der Waals surface area contributed by atoms with E-state index >= 15 is 0 Å². The van der Waals surface area contributed by atoms with E-state index in [4.69, 9.17) is 9.47 Å². The van der Waals surface area contributed by atoms with Gasteiger partial charge in [-0.05, 0) is 33.6 Å². The van der Waals surface area contributed by atoms with Gasteiger partial charge in [-0.25, -0.2) is 0 Å². The number of ether oxygens (including phenoxy) is 2. The van der Waals surface area contributed by atoms with Crippen molar-refractivity contribution in [3.63, 3.8) is 0 Å². The predicted molar refractivity (Wildman–Crippen MR) is 69.2 cm³/mol. The molecule has 1 heterocycles. The van der Waals surface area contributed by atoms with Gasteiger partial charge in [-0.1, -0.05) is 13.8 Å². The minimum atomic E-state index is -1.21. The molecule has 4 heteroatoms. The fourth-order valence-corrected chi connectivity index (χ4v) is 3.31. The van der Waals surface area contributed by atoms with Crippen LogP contribution in [0.4, 0.5) is 0 Å². The molecule has 1 rings (SSSR count). The Bertz CT molecular complexity index is 333. The zero-order chi connectivity index (χ0) is 14.4. The number of rotatable bonds is 3. The van der Waals surface area contributed by atoms with Crippen LogP contribution in [-0.2, 0) is 14.3 Å². The van der Waals surface area contributed by atoms with Crippen molar-refractivity contribution in [2.75, 3.05) is 7.11 Å². The van der Waals surface area contributed by atoms with E-state index in [1.165, 1.54) is 7.11 Å². The van der Waals surface area contributed by atoms with Gasteiger partial charge in [-0.15, -0.1) is 0 Å². The van der Waals surface area contributed by atoms with E-state index in [1.807, 2.05) is 41.5 Å². The number of carbonyl (C=O) groups excluding carboxylic acids is 1. The summed E-state index contributed by atoms with van der Waals surface area (Å²) in [7, 11) is 1.36. The first-order chi connectivity index (χ1) is 7.97. The Morgan fingerprint density at radius 3 is 2.06 bits per heavy atom. The molecule has 0 radical (unpaired) electrons. The third-order valence-corrected chi connectivity index (χ3v) is 3.91. The number of methoxy groups -OCH3 is 1. The summed E-state index contributed by atoms with van der Waals surface area (Å²) in [6.45, 7) is 11.4. The van der Waals surface area contributed by atoms with Gasteiger partial charge in [0.05, 0.1) is 24.2 Å². The summed E-state index contributed by atoms with van der Waals surface area (Å²) in [4.78, 5) is 12.0. The summed E-state index contributed by atoms with van der Waals surface area (Å²) in [5.74, 6) is -0.972. The number of aliphatic hydroxyl groups is 1. The van der Waals surface area contributed by atoms with Crippen LogP contribution in [0.5, 0.6) is 0 Å². The van der Waals surface area contributed by atoms with Crippen molar-refractivity contribution in [3.05, 3.63) is 0 Å². The van der Waals surface area contributed by atoms with Gasteiger partial charge in [0, 0.05) is 6.42 Å². The Kier molecular flexibility index (Phi) is 3.86. The maximum Gasteiger partial charge on any atom is 0.311 e. The standard InChI is InChI=1S/C14H26O4/c1-9(2)10(11(15)17-7)14(16)8-12(3,4)18-13(14,5)6/h9-10,16H,8H2,1-7H3. The second kappa shape index (κ2) is 4.49. The Balaban J connectivity index is 3.21. The van der Waals surface area contributed by atoms with Gasteiger partial charge in [0.15, 0.2) is 0 Å². The highest BCUT2D eigenvalue weighted by Crippen LogP contribution is 2.50. The third kappa shape index (κ3) is 2.41. The molecule has 0 aliphatic carbocycles. The lowest BCUT2D eigenvalue weighted by atomic mass is 9.69. The van der Waals surface area contributed by atoms with E-state index in [0.29, 0.717) is 6.42 Å². The lowest BCUT2D eigenvalue weighted by molar-refractivity contribution is -0.181. The monoisotopic (exact) mass is 258 g/mol. The molecule has 0 saturated carbocycles. The van der Waals surface area contributed by atoms with Gasteiger partial charge in [0.1, 0.15) is 5.60 Å². The second-order valence-electron chi connectivity index (χ2n) is 6.72. The zero-order valence-corrected chi connectivity index (χ0v) is 12.5. The SMILES string of the molecule is COC(=O)C(C(C)C)C1(O)CC(C)(C)OC1(C)C. The van der Waals surface area contributed by atoms with E-state index in [1.54, 1.807) is 0 Å². The number of esters is 1. The quantitative estimate of drug-likeness (QED) is 0.788. The highest BCUT2D eigenvalue weighted by Gasteiger charge is 2.62. The van der Waals surface area contributed by atoms with Crippen molar-refractivity contribution in [1.82, 2.24) is 0 Å². The third-order valence-electron chi connectivity index (χ3n) is 3.91. The summed E-state index contributed by atoms with van der Waals surface area (Å²) in [6, 6.07) is 0. The van der Waals surface area contributed by atoms with Crippen LogP contribution in [0.25, 0.3) is 0 Å². The highest BCUT2D eigenvalue weighted by atomic mass is 16.6. The van der Waals surface area contributed by atoms with E-state index in [2.05, 4.69) is 0 Å². The molecule has 0 aromatic carbocycles. The molecule has 0 spiro atoms. The first kappa shape index (κ1) is 15.4. The molecule has 1 N–H and O–H groups in total. The Hall–Kier alpha value is -0.610. The van der Waals surface area contributed by atoms with Crippen LogP contribution in [0, 0.1) is 11.8 Å². The van der Waals surface area contributed by atoms with E-state index in [-0.39, 0.29) is 11.9 Å². The maximum atomic E-state index is 12.0. The van der Waals surface area contributed by atoms with Crippen molar-refractivity contribution < 1.29 is 19.4 Å². The van der Waals surface area contributed by atoms with Gasteiger partial charge in [-0.2, -0.15) is 0 Å². The molecule has 2 unspecified atom stereocenters. The zero-order valence-electron chi connectivity index (χ0n) is 12.5. The maximum absolute atomic E-state index is 12.0. The van der Waals surface area contributed by atoms with Crippen molar-refractivity contribution in [3.8, 4) is 0 Å². The second-order valence-corrected chi connectivity index (χ2v) is 6.72. The van der Waals surface area contributed by atoms with Crippen molar-refractivity contribution in [2.45, 2.75) is 64.8 Å². The molecule has 106 valence electrons. The van der Waals surface area contributed by atoms with Crippen LogP contribution < -0.4 is 0 Å². The molecule has 18 heavy (non-hydrogen) atoms. The first-order valence-electron chi connectivity index (χ1n) is 6.47. The van der Waals surface area contributed by atoms with Crippen LogP contribution in [0.2, 0.25) is 0 Å². The minimum Gasteiger partial charge on any atom is -0.469 e. The smallest absolute Gasteiger partial charge is 0.311 e. The Morgan fingerprint density at radius 2 is 1.78 bits per heavy atom. The molecule has 1 aliphatic heterocycles. The van der Waals surface area contributed by atoms with Gasteiger partial charge < -0.3 is 14.6 Å². The molecule has 2 atom stereocenters. The largest absolute Gasteiger partial charge is 0.469 e. The topological polar surface area (TPSA) is 55.8 Å². The molecule has 1 saturated heterocycles. The molecule has 0 aromatic heterocycles. The molecule has 4 nitrogen and oxygen atoms in total. The van der Waals surface area contributed by atoms with E-state index in [0.717, 1.165) is 0 Å². The van der Waals surface area contributed by atoms with Crippen LogP contribution >= 0.6 is 0 Å². The van der Waals surface area contributed by atoms with Crippen LogP contribution in [0.15, 0.2) is 0 Å². The van der Waals surface area contributed by atoms with Gasteiger partial charge in [0.2, 0.25) is 0 Å². The van der Waals surface area contributed by atoms with Gasteiger partial charge in [0.25, 0.3) is 0 Å². The number of carbonyl (C=O) groups is 1. The minimum absolute atomic E-state index is 0.0146. The number of hydrogen-bond donors (Lipinski definition) is 1. The summed E-state index contributed by atoms with van der Waals surface area (Å²) in [5.41, 5.74) is -2.43. The van der Waals surface area contributed by atoms with Crippen molar-refractivity contribution >= 4 is 5.97 Å². The first-order valence-corrected chi connectivity index (χ1v) is 6.47. The van der Waals surface area contributed by atoms with Crippen LogP contribution in [0.1, 0.15) is 48.0 Å². The Labute approximate surface area is 110 Å². The molecule has 0 aromatic rings. The lowest BCUT2D eigenvalue weighted by Crippen LogP contribution is -2.56. The lowest BCUT2D eigenvalue weighted by Gasteiger charge is -2.41. The number of hydrogen-bond acceptors (Lipinski definition) is 4. The summed E-state index contributed by atoms with van der Waals surface area (Å²) in [6.07, 6.45) is 0.422. The van der Waals surface area contributed by atoms with Gasteiger partial charge >= 0.3 is 5.97 Å². The van der Waals surface area contributed by atoms with Crippen LogP contribution in [0.3, 0.4) is 0 Å². The highest BCUT2D eigenvalue weighted by molar-refractivity contribution is 5.74. The van der Waals surface area contributed by atoms with Crippen molar-refractivity contribution in [1.29, 1.82) is 0 Å². The predicted octanol–water partition coefficient (Wildman–Crippen LogP) is 2.14. The molecule has 1 fully saturated rings. The summed E-state index contributed by atoms with van der Waals surface area (Å²) in [5, 5.41) is 11.1. The van der Waals surface area contributed by atoms with E-state index in [9.17, 15) is 9.90 Å². The average molecular weight is 258 g/mol. The molecular weight excluding hydrogens is 232 g/mol. The fraction of sp³-hybridized carbons (Fsp3) is 0.929. The normalized spacial score (nSPS) is 31.4. The summed E-state index contributed by atoms with van der Waals surface area (Å²) >= 11 is 0. The summed E-state index contributed by atoms with van der Waals surface area (Å²) < 4.78 is 10.8. The molecule has 0 bridgehead atoms. The van der Waals surface area contributed by atoms with Gasteiger partial charge in [-0.3, -0.25) is 4.79 Å². The average Bonchev–Trinajstić information content (AvgIpc) is 2.29. The van der Waals surface area contributed by atoms with E-state index < -0.39 is 22.7 Å². The molecule has 1 aliphatic rings. The molecule has 0 amide bonds.